The molecule has 0 radical (unpaired) electrons. The Bertz CT molecular complexity index is 830. The lowest BCUT2D eigenvalue weighted by Gasteiger charge is -2.31. The smallest absolute Gasteiger partial charge is 0.159 e. The summed E-state index contributed by atoms with van der Waals surface area (Å²) < 4.78 is 7.57. The molecule has 6 heteroatoms. The molecule has 1 aliphatic rings. The van der Waals surface area contributed by atoms with Gasteiger partial charge in [-0.1, -0.05) is 11.6 Å². The molecule has 0 saturated carbocycles. The number of nitrogens with zero attached hydrogens (tertiary/aromatic N) is 4. The van der Waals surface area contributed by atoms with Gasteiger partial charge in [-0.05, 0) is 37.3 Å². The van der Waals surface area contributed by atoms with Gasteiger partial charge in [0.1, 0.15) is 0 Å². The highest BCUT2D eigenvalue weighted by atomic mass is 35.5. The van der Waals surface area contributed by atoms with Crippen LogP contribution in [0.5, 0.6) is 0 Å². The molecule has 1 fully saturated rings. The van der Waals surface area contributed by atoms with Crippen molar-refractivity contribution in [3.8, 4) is 5.69 Å². The Hall–Kier alpha value is -2.11. The third kappa shape index (κ3) is 2.66. The van der Waals surface area contributed by atoms with Gasteiger partial charge in [0.15, 0.2) is 5.82 Å². The standard InChI is InChI=1S/C17H17ClN4O/c1-12-11-21(8-9-23-12)17-15-6-7-19-10-16(15)22(20-17)14-4-2-13(18)3-5-14/h2-7,10,12H,8-9,11H2,1H3. The average molecular weight is 329 g/mol. The molecule has 2 aromatic heterocycles. The fourth-order valence-electron chi connectivity index (χ4n) is 2.97. The maximum Gasteiger partial charge on any atom is 0.159 e. The van der Waals surface area contributed by atoms with Gasteiger partial charge in [0, 0.05) is 29.7 Å². The van der Waals surface area contributed by atoms with Crippen molar-refractivity contribution in [1.29, 1.82) is 0 Å². The molecule has 1 aromatic carbocycles. The number of hydrogen-bond acceptors (Lipinski definition) is 4. The SMILES string of the molecule is CC1CN(c2nn(-c3ccc(Cl)cc3)c3cnccc23)CCO1. The van der Waals surface area contributed by atoms with Crippen molar-refractivity contribution in [3.63, 3.8) is 0 Å². The molecule has 1 unspecified atom stereocenters. The van der Waals surface area contributed by atoms with Crippen molar-refractivity contribution in [2.75, 3.05) is 24.6 Å². The summed E-state index contributed by atoms with van der Waals surface area (Å²) >= 11 is 6.00. The first-order valence-corrected chi connectivity index (χ1v) is 8.05. The average Bonchev–Trinajstić information content (AvgIpc) is 2.95. The number of hydrogen-bond donors (Lipinski definition) is 0. The van der Waals surface area contributed by atoms with Gasteiger partial charge in [0.2, 0.25) is 0 Å². The number of ether oxygens (including phenoxy) is 1. The van der Waals surface area contributed by atoms with Gasteiger partial charge >= 0.3 is 0 Å². The minimum absolute atomic E-state index is 0.210. The van der Waals surface area contributed by atoms with Gasteiger partial charge in [-0.2, -0.15) is 0 Å². The monoisotopic (exact) mass is 328 g/mol. The number of morpholine rings is 1. The van der Waals surface area contributed by atoms with E-state index in [4.69, 9.17) is 21.4 Å². The predicted octanol–water partition coefficient (Wildman–Crippen LogP) is 3.30. The number of halogens is 1. The first-order valence-electron chi connectivity index (χ1n) is 7.67. The molecule has 0 amide bonds. The normalized spacial score (nSPS) is 18.5. The van der Waals surface area contributed by atoms with Crippen LogP contribution in [-0.2, 0) is 4.74 Å². The molecule has 23 heavy (non-hydrogen) atoms. The Kier molecular flexibility index (Phi) is 3.67. The zero-order chi connectivity index (χ0) is 15.8. The zero-order valence-corrected chi connectivity index (χ0v) is 13.6. The van der Waals surface area contributed by atoms with Crippen LogP contribution in [-0.4, -0.2) is 40.6 Å². The van der Waals surface area contributed by atoms with Crippen LogP contribution in [0.25, 0.3) is 16.6 Å². The highest BCUT2D eigenvalue weighted by molar-refractivity contribution is 6.30. The Morgan fingerprint density at radius 1 is 1.22 bits per heavy atom. The third-order valence-electron chi connectivity index (χ3n) is 4.08. The summed E-state index contributed by atoms with van der Waals surface area (Å²) in [4.78, 5) is 6.54. The summed E-state index contributed by atoms with van der Waals surface area (Å²) in [6.45, 7) is 4.50. The largest absolute Gasteiger partial charge is 0.375 e. The van der Waals surface area contributed by atoms with E-state index in [2.05, 4.69) is 16.8 Å². The van der Waals surface area contributed by atoms with E-state index in [0.29, 0.717) is 5.02 Å². The maximum absolute atomic E-state index is 6.00. The van der Waals surface area contributed by atoms with Gasteiger partial charge in [-0.15, -0.1) is 5.10 Å². The second kappa shape index (κ2) is 5.83. The van der Waals surface area contributed by atoms with E-state index < -0.39 is 0 Å². The highest BCUT2D eigenvalue weighted by Gasteiger charge is 2.22. The van der Waals surface area contributed by atoms with Crippen LogP contribution in [0, 0.1) is 0 Å². The number of anilines is 1. The molecule has 4 rings (SSSR count). The van der Waals surface area contributed by atoms with Crippen molar-refractivity contribution in [2.24, 2.45) is 0 Å². The predicted molar refractivity (Wildman–Crippen MR) is 91.5 cm³/mol. The lowest BCUT2D eigenvalue weighted by Crippen LogP contribution is -2.41. The van der Waals surface area contributed by atoms with Crippen LogP contribution in [0.2, 0.25) is 5.02 Å². The van der Waals surface area contributed by atoms with E-state index in [9.17, 15) is 0 Å². The number of rotatable bonds is 2. The summed E-state index contributed by atoms with van der Waals surface area (Å²) in [6, 6.07) is 9.69. The fourth-order valence-corrected chi connectivity index (χ4v) is 3.10. The molecule has 1 aliphatic heterocycles. The first-order chi connectivity index (χ1) is 11.2. The molecule has 5 nitrogen and oxygen atoms in total. The quantitative estimate of drug-likeness (QED) is 0.724. The Balaban J connectivity index is 1.84. The lowest BCUT2D eigenvalue weighted by atomic mass is 10.2. The summed E-state index contributed by atoms with van der Waals surface area (Å²) in [7, 11) is 0. The van der Waals surface area contributed by atoms with Crippen molar-refractivity contribution in [3.05, 3.63) is 47.7 Å². The second-order valence-corrected chi connectivity index (χ2v) is 6.17. The number of fused-ring (bicyclic) bond motifs is 1. The second-order valence-electron chi connectivity index (χ2n) is 5.73. The topological polar surface area (TPSA) is 43.2 Å². The molecule has 3 aromatic rings. The number of aromatic nitrogens is 3. The number of pyridine rings is 1. The highest BCUT2D eigenvalue weighted by Crippen LogP contribution is 2.29. The van der Waals surface area contributed by atoms with E-state index in [-0.39, 0.29) is 6.10 Å². The van der Waals surface area contributed by atoms with Gasteiger partial charge in [-0.3, -0.25) is 4.98 Å². The van der Waals surface area contributed by atoms with Crippen LogP contribution < -0.4 is 4.90 Å². The van der Waals surface area contributed by atoms with E-state index in [1.54, 1.807) is 0 Å². The molecular formula is C17H17ClN4O. The van der Waals surface area contributed by atoms with E-state index >= 15 is 0 Å². The Morgan fingerprint density at radius 2 is 2.04 bits per heavy atom. The van der Waals surface area contributed by atoms with Crippen LogP contribution in [0.1, 0.15) is 6.92 Å². The van der Waals surface area contributed by atoms with Crippen molar-refractivity contribution in [1.82, 2.24) is 14.8 Å². The summed E-state index contributed by atoms with van der Waals surface area (Å²) in [6.07, 6.45) is 3.87. The van der Waals surface area contributed by atoms with E-state index in [0.717, 1.165) is 42.1 Å². The van der Waals surface area contributed by atoms with Crippen molar-refractivity contribution in [2.45, 2.75) is 13.0 Å². The van der Waals surface area contributed by atoms with E-state index in [1.807, 2.05) is 47.4 Å². The van der Waals surface area contributed by atoms with E-state index in [1.165, 1.54) is 0 Å². The molecule has 0 N–H and O–H groups in total. The number of benzene rings is 1. The molecule has 0 bridgehead atoms. The first kappa shape index (κ1) is 14.5. The zero-order valence-electron chi connectivity index (χ0n) is 12.8. The lowest BCUT2D eigenvalue weighted by molar-refractivity contribution is 0.0530. The summed E-state index contributed by atoms with van der Waals surface area (Å²) in [5.41, 5.74) is 1.96. The van der Waals surface area contributed by atoms with Crippen molar-refractivity contribution >= 4 is 28.3 Å². The summed E-state index contributed by atoms with van der Waals surface area (Å²) in [5, 5.41) is 6.67. The van der Waals surface area contributed by atoms with Crippen LogP contribution in [0.15, 0.2) is 42.7 Å². The van der Waals surface area contributed by atoms with Crippen LogP contribution in [0.4, 0.5) is 5.82 Å². The fraction of sp³-hybridized carbons (Fsp3) is 0.294. The Morgan fingerprint density at radius 3 is 2.83 bits per heavy atom. The summed E-state index contributed by atoms with van der Waals surface area (Å²) in [5.74, 6) is 0.979. The molecule has 3 heterocycles. The molecule has 118 valence electrons. The third-order valence-corrected chi connectivity index (χ3v) is 4.33. The minimum Gasteiger partial charge on any atom is -0.375 e. The van der Waals surface area contributed by atoms with Crippen LogP contribution in [0.3, 0.4) is 0 Å². The molecular weight excluding hydrogens is 312 g/mol. The molecule has 0 spiro atoms. The van der Waals surface area contributed by atoms with Gasteiger partial charge in [-0.25, -0.2) is 4.68 Å². The molecule has 1 saturated heterocycles. The maximum atomic E-state index is 6.00. The van der Waals surface area contributed by atoms with Crippen molar-refractivity contribution < 1.29 is 4.74 Å². The molecule has 1 atom stereocenters. The van der Waals surface area contributed by atoms with Gasteiger partial charge in [0.05, 0.1) is 30.1 Å². The minimum atomic E-state index is 0.210. The Labute approximate surface area is 139 Å². The van der Waals surface area contributed by atoms with Gasteiger partial charge < -0.3 is 9.64 Å². The van der Waals surface area contributed by atoms with Crippen LogP contribution >= 0.6 is 11.6 Å². The molecule has 0 aliphatic carbocycles. The van der Waals surface area contributed by atoms with Gasteiger partial charge in [0.25, 0.3) is 0 Å².